The number of anilines is 1. The van der Waals surface area contributed by atoms with Gasteiger partial charge in [0, 0.05) is 57.3 Å². The lowest BCUT2D eigenvalue weighted by molar-refractivity contribution is 0.485. The third-order valence-electron chi connectivity index (χ3n) is 13.2. The molecule has 0 spiro atoms. The van der Waals surface area contributed by atoms with Gasteiger partial charge in [0.25, 0.3) is 0 Å². The molecule has 4 atom stereocenters. The van der Waals surface area contributed by atoms with Crippen molar-refractivity contribution < 1.29 is 0 Å². The molecule has 0 radical (unpaired) electrons. The van der Waals surface area contributed by atoms with E-state index in [-0.39, 0.29) is 0 Å². The number of hydrogen-bond donors (Lipinski definition) is 1. The maximum Gasteiger partial charge on any atom is 0.0584 e. The zero-order valence-corrected chi connectivity index (χ0v) is 32.6. The number of rotatable bonds is 5. The van der Waals surface area contributed by atoms with Crippen LogP contribution in [0.1, 0.15) is 64.6 Å². The van der Waals surface area contributed by atoms with Gasteiger partial charge in [-0.2, -0.15) is 0 Å². The van der Waals surface area contributed by atoms with Crippen LogP contribution < -0.4 is 10.2 Å². The molecule has 6 aromatic rings. The number of benzene rings is 5. The summed E-state index contributed by atoms with van der Waals surface area (Å²) in [6.07, 6.45) is 25.7. The molecule has 12 rings (SSSR count). The topological polar surface area (TPSA) is 20.2 Å². The molecule has 0 saturated carbocycles. The lowest BCUT2D eigenvalue weighted by Crippen LogP contribution is -2.43. The van der Waals surface area contributed by atoms with Crippen LogP contribution in [-0.4, -0.2) is 23.2 Å². The number of thioether (sulfide) groups is 1. The van der Waals surface area contributed by atoms with E-state index in [1.165, 1.54) is 89.4 Å². The van der Waals surface area contributed by atoms with Crippen LogP contribution in [0, 0.1) is 0 Å². The van der Waals surface area contributed by atoms with Crippen LogP contribution in [-0.2, 0) is 6.42 Å². The van der Waals surface area contributed by atoms with E-state index < -0.39 is 0 Å². The van der Waals surface area contributed by atoms with Gasteiger partial charge in [0.05, 0.1) is 11.6 Å². The summed E-state index contributed by atoms with van der Waals surface area (Å²) in [5.41, 5.74) is 17.2. The van der Waals surface area contributed by atoms with Gasteiger partial charge in [0.2, 0.25) is 0 Å². The Morgan fingerprint density at radius 1 is 0.702 bits per heavy atom. The Kier molecular flexibility index (Phi) is 7.76. The zero-order valence-electron chi connectivity index (χ0n) is 31.8. The van der Waals surface area contributed by atoms with Gasteiger partial charge in [-0.1, -0.05) is 127 Å². The number of nitrogens with one attached hydrogen (secondary N) is 1. The van der Waals surface area contributed by atoms with Crippen molar-refractivity contribution in [2.24, 2.45) is 0 Å². The zero-order chi connectivity index (χ0) is 37.5. The summed E-state index contributed by atoms with van der Waals surface area (Å²) in [5, 5.41) is 4.66. The van der Waals surface area contributed by atoms with Gasteiger partial charge in [0.15, 0.2) is 0 Å². The molecule has 1 N–H and O–H groups in total. The Hall–Kier alpha value is -5.97. The first kappa shape index (κ1) is 33.2. The Balaban J connectivity index is 0.926. The molecular formula is C53H43N3S. The minimum absolute atomic E-state index is 0.323. The van der Waals surface area contributed by atoms with E-state index in [9.17, 15) is 0 Å². The van der Waals surface area contributed by atoms with Crippen LogP contribution in [0.4, 0.5) is 5.69 Å². The van der Waals surface area contributed by atoms with Gasteiger partial charge < -0.3 is 14.8 Å². The molecule has 276 valence electrons. The predicted octanol–water partition coefficient (Wildman–Crippen LogP) is 12.6. The number of allylic oxidation sites excluding steroid dienone is 6. The van der Waals surface area contributed by atoms with E-state index in [0.29, 0.717) is 23.9 Å². The fourth-order valence-electron chi connectivity index (χ4n) is 10.6. The number of dihydropyridines is 1. The van der Waals surface area contributed by atoms with Crippen molar-refractivity contribution in [3.05, 3.63) is 202 Å². The van der Waals surface area contributed by atoms with Crippen LogP contribution in [0.3, 0.4) is 0 Å². The molecule has 4 unspecified atom stereocenters. The summed E-state index contributed by atoms with van der Waals surface area (Å²) >= 11 is 1.99. The minimum Gasteiger partial charge on any atom is -0.387 e. The van der Waals surface area contributed by atoms with Gasteiger partial charge in [-0.15, -0.1) is 0 Å². The SMILES string of the molecule is C1=Cc2c(n(-c3cc(C4=CCNC=C4)cc(-c4ccccc4)c3)c3ccc(C4=CC5c6ccccc6N(C6CC=C7Sc8ccccc8C7C6)C5C=C4)cc23)CC1. The molecular weight excluding hydrogens is 711 g/mol. The van der Waals surface area contributed by atoms with Crippen LogP contribution in [0.5, 0.6) is 0 Å². The molecule has 4 heteroatoms. The first-order chi connectivity index (χ1) is 28.2. The van der Waals surface area contributed by atoms with Crippen molar-refractivity contribution in [3.63, 3.8) is 0 Å². The third-order valence-corrected chi connectivity index (χ3v) is 14.4. The second kappa shape index (κ2) is 13.3. The second-order valence-corrected chi connectivity index (χ2v) is 17.4. The summed E-state index contributed by atoms with van der Waals surface area (Å²) in [5.74, 6) is 0.836. The maximum absolute atomic E-state index is 3.33. The fourth-order valence-corrected chi connectivity index (χ4v) is 11.8. The fraction of sp³-hybridized carbons (Fsp3) is 0.170. The van der Waals surface area contributed by atoms with Crippen molar-refractivity contribution in [3.8, 4) is 16.8 Å². The number of nitrogens with zero attached hydrogens (tertiary/aromatic N) is 2. The van der Waals surface area contributed by atoms with Crippen molar-refractivity contribution >= 4 is 45.6 Å². The van der Waals surface area contributed by atoms with Gasteiger partial charge in [0.1, 0.15) is 0 Å². The molecule has 3 aliphatic heterocycles. The molecule has 0 saturated heterocycles. The van der Waals surface area contributed by atoms with E-state index in [0.717, 1.165) is 25.8 Å². The molecule has 3 aliphatic carbocycles. The largest absolute Gasteiger partial charge is 0.387 e. The lowest BCUT2D eigenvalue weighted by Gasteiger charge is -2.39. The normalized spacial score (nSPS) is 22.5. The Bertz CT molecular complexity index is 2810. The summed E-state index contributed by atoms with van der Waals surface area (Å²) < 4.78 is 2.55. The summed E-state index contributed by atoms with van der Waals surface area (Å²) in [6.45, 7) is 0.842. The molecule has 0 fully saturated rings. The average molecular weight is 754 g/mol. The summed E-state index contributed by atoms with van der Waals surface area (Å²) in [4.78, 5) is 5.78. The molecule has 57 heavy (non-hydrogen) atoms. The van der Waals surface area contributed by atoms with Crippen LogP contribution >= 0.6 is 11.8 Å². The minimum atomic E-state index is 0.323. The van der Waals surface area contributed by atoms with Crippen LogP contribution in [0.25, 0.3) is 44.9 Å². The first-order valence-corrected chi connectivity index (χ1v) is 21.5. The van der Waals surface area contributed by atoms with Crippen molar-refractivity contribution in [1.82, 2.24) is 9.88 Å². The maximum atomic E-state index is 3.33. The standard InChI is InChI=1S/C53H43N3S/c1-2-10-34(11-3-1)38-28-39(35-24-26-54-27-25-35)30-41(29-38)56-49-16-8-5-13-43(49)46-32-37(19-22-51(46)56)36-18-21-50-45(31-36)42-12-4-7-15-48(42)55(50)40-20-23-53-47(33-40)44-14-6-9-17-52(44)57-53/h1-7,9-15,17-19,21-26,28-32,40,45,47,50,54H,8,16,20,27,33H2. The Labute approximate surface area is 339 Å². The highest BCUT2D eigenvalue weighted by atomic mass is 32.2. The van der Waals surface area contributed by atoms with Gasteiger partial charge in [-0.05, 0) is 130 Å². The monoisotopic (exact) mass is 753 g/mol. The van der Waals surface area contributed by atoms with E-state index in [4.69, 9.17) is 0 Å². The van der Waals surface area contributed by atoms with Crippen molar-refractivity contribution in [2.75, 3.05) is 11.4 Å². The number of fused-ring (bicyclic) bond motifs is 9. The summed E-state index contributed by atoms with van der Waals surface area (Å²) in [6, 6.07) is 44.2. The van der Waals surface area contributed by atoms with Crippen LogP contribution in [0.15, 0.2) is 174 Å². The molecule has 4 heterocycles. The predicted molar refractivity (Wildman–Crippen MR) is 240 cm³/mol. The summed E-state index contributed by atoms with van der Waals surface area (Å²) in [7, 11) is 0. The number of aromatic nitrogens is 1. The van der Waals surface area contributed by atoms with Gasteiger partial charge in [-0.25, -0.2) is 0 Å². The lowest BCUT2D eigenvalue weighted by atomic mass is 9.83. The quantitative estimate of drug-likeness (QED) is 0.189. The first-order valence-electron chi connectivity index (χ1n) is 20.6. The molecule has 6 aliphatic rings. The highest BCUT2D eigenvalue weighted by Gasteiger charge is 2.43. The highest BCUT2D eigenvalue weighted by molar-refractivity contribution is 8.03. The Morgan fingerprint density at radius 2 is 1.56 bits per heavy atom. The molecule has 5 aromatic carbocycles. The molecule has 0 amide bonds. The van der Waals surface area contributed by atoms with Gasteiger partial charge >= 0.3 is 0 Å². The van der Waals surface area contributed by atoms with Crippen molar-refractivity contribution in [2.45, 2.75) is 54.5 Å². The molecule has 0 bridgehead atoms. The van der Waals surface area contributed by atoms with Crippen molar-refractivity contribution in [1.29, 1.82) is 0 Å². The number of hydrogen-bond acceptors (Lipinski definition) is 3. The molecule has 3 nitrogen and oxygen atoms in total. The van der Waals surface area contributed by atoms with Crippen LogP contribution in [0.2, 0.25) is 0 Å². The third kappa shape index (κ3) is 5.41. The van der Waals surface area contributed by atoms with Gasteiger partial charge in [-0.3, -0.25) is 0 Å². The highest BCUT2D eigenvalue weighted by Crippen LogP contribution is 2.55. The van der Waals surface area contributed by atoms with E-state index in [2.05, 4.69) is 185 Å². The molecule has 1 aromatic heterocycles. The average Bonchev–Trinajstić information content (AvgIpc) is 3.94. The Morgan fingerprint density at radius 3 is 2.47 bits per heavy atom. The van der Waals surface area contributed by atoms with E-state index in [1.807, 2.05) is 11.8 Å². The second-order valence-electron chi connectivity index (χ2n) is 16.3. The van der Waals surface area contributed by atoms with E-state index >= 15 is 0 Å². The van der Waals surface area contributed by atoms with E-state index in [1.54, 1.807) is 4.91 Å². The number of para-hydroxylation sites is 1. The smallest absolute Gasteiger partial charge is 0.0584 e.